The maximum Gasteiger partial charge on any atom is 0.213 e. The van der Waals surface area contributed by atoms with E-state index in [1.807, 2.05) is 12.3 Å². The summed E-state index contributed by atoms with van der Waals surface area (Å²) in [7, 11) is 0. The lowest BCUT2D eigenvalue weighted by molar-refractivity contribution is 0.305. The minimum atomic E-state index is 0.354. The van der Waals surface area contributed by atoms with Crippen molar-refractivity contribution >= 4 is 0 Å². The molecule has 1 atom stereocenters. The SMILES string of the molecule is CCCNC(C)c1ccc(OCCC)nc1. The second-order valence-electron chi connectivity index (χ2n) is 3.95. The van der Waals surface area contributed by atoms with Gasteiger partial charge >= 0.3 is 0 Å². The van der Waals surface area contributed by atoms with Gasteiger partial charge in [0.15, 0.2) is 0 Å². The molecular weight excluding hydrogens is 200 g/mol. The van der Waals surface area contributed by atoms with Crippen molar-refractivity contribution in [2.75, 3.05) is 13.2 Å². The molecule has 1 heterocycles. The standard InChI is InChI=1S/C13H22N2O/c1-4-8-14-11(3)12-6-7-13(15-10-12)16-9-5-2/h6-7,10-11,14H,4-5,8-9H2,1-3H3. The van der Waals surface area contributed by atoms with Crippen molar-refractivity contribution in [2.24, 2.45) is 0 Å². The molecule has 1 N–H and O–H groups in total. The van der Waals surface area contributed by atoms with Gasteiger partial charge in [-0.1, -0.05) is 19.9 Å². The van der Waals surface area contributed by atoms with Crippen LogP contribution in [0.25, 0.3) is 0 Å². The molecule has 3 heteroatoms. The van der Waals surface area contributed by atoms with Crippen LogP contribution in [0.2, 0.25) is 0 Å². The molecule has 1 unspecified atom stereocenters. The first-order chi connectivity index (χ1) is 7.77. The highest BCUT2D eigenvalue weighted by Gasteiger charge is 2.04. The van der Waals surface area contributed by atoms with E-state index in [4.69, 9.17) is 4.74 Å². The summed E-state index contributed by atoms with van der Waals surface area (Å²) in [5, 5.41) is 3.43. The Hall–Kier alpha value is -1.09. The summed E-state index contributed by atoms with van der Waals surface area (Å²) in [5.74, 6) is 0.716. The van der Waals surface area contributed by atoms with Gasteiger partial charge in [0.25, 0.3) is 0 Å². The van der Waals surface area contributed by atoms with Gasteiger partial charge < -0.3 is 10.1 Å². The van der Waals surface area contributed by atoms with Gasteiger partial charge in [0.2, 0.25) is 5.88 Å². The van der Waals surface area contributed by atoms with E-state index in [9.17, 15) is 0 Å². The molecule has 1 rings (SSSR count). The van der Waals surface area contributed by atoms with E-state index in [0.717, 1.165) is 26.0 Å². The molecule has 1 aromatic heterocycles. The summed E-state index contributed by atoms with van der Waals surface area (Å²) in [6, 6.07) is 4.37. The molecule has 0 amide bonds. The molecule has 3 nitrogen and oxygen atoms in total. The number of ether oxygens (including phenoxy) is 1. The number of rotatable bonds is 7. The fraction of sp³-hybridized carbons (Fsp3) is 0.615. The number of aromatic nitrogens is 1. The second-order valence-corrected chi connectivity index (χ2v) is 3.95. The van der Waals surface area contributed by atoms with Crippen molar-refractivity contribution in [3.05, 3.63) is 23.9 Å². The Balaban J connectivity index is 2.49. The van der Waals surface area contributed by atoms with E-state index < -0.39 is 0 Å². The van der Waals surface area contributed by atoms with E-state index in [1.165, 1.54) is 5.56 Å². The molecule has 0 spiro atoms. The van der Waals surface area contributed by atoms with E-state index in [2.05, 4.69) is 37.1 Å². The monoisotopic (exact) mass is 222 g/mol. The van der Waals surface area contributed by atoms with Gasteiger partial charge in [-0.2, -0.15) is 0 Å². The third kappa shape index (κ3) is 4.19. The van der Waals surface area contributed by atoms with E-state index in [0.29, 0.717) is 11.9 Å². The van der Waals surface area contributed by atoms with Crippen molar-refractivity contribution in [3.63, 3.8) is 0 Å². The third-order valence-corrected chi connectivity index (χ3v) is 2.41. The Bertz CT molecular complexity index is 284. The molecule has 0 bridgehead atoms. The van der Waals surface area contributed by atoms with Gasteiger partial charge in [-0.25, -0.2) is 4.98 Å². The average Bonchev–Trinajstić information content (AvgIpc) is 2.34. The molecule has 0 aromatic carbocycles. The minimum absolute atomic E-state index is 0.354. The van der Waals surface area contributed by atoms with Crippen molar-refractivity contribution < 1.29 is 4.74 Å². The molecule has 0 aliphatic carbocycles. The number of nitrogens with one attached hydrogen (secondary N) is 1. The zero-order valence-electron chi connectivity index (χ0n) is 10.5. The molecule has 0 aliphatic rings. The predicted octanol–water partition coefficient (Wildman–Crippen LogP) is 2.93. The molecule has 0 saturated carbocycles. The molecule has 0 fully saturated rings. The Morgan fingerprint density at radius 2 is 2.12 bits per heavy atom. The molecular formula is C13H22N2O. The topological polar surface area (TPSA) is 34.1 Å². The lowest BCUT2D eigenvalue weighted by Crippen LogP contribution is -2.19. The second kappa shape index (κ2) is 7.23. The Morgan fingerprint density at radius 1 is 1.31 bits per heavy atom. The molecule has 90 valence electrons. The fourth-order valence-corrected chi connectivity index (χ4v) is 1.42. The molecule has 0 saturated heterocycles. The Labute approximate surface area is 98.2 Å². The van der Waals surface area contributed by atoms with E-state index >= 15 is 0 Å². The van der Waals surface area contributed by atoms with Gasteiger partial charge in [-0.3, -0.25) is 0 Å². The van der Waals surface area contributed by atoms with Crippen LogP contribution in [0.1, 0.15) is 45.2 Å². The van der Waals surface area contributed by atoms with Gasteiger partial charge in [0.1, 0.15) is 0 Å². The first kappa shape index (κ1) is 13.0. The summed E-state index contributed by atoms with van der Waals surface area (Å²) < 4.78 is 5.44. The first-order valence-corrected chi connectivity index (χ1v) is 6.10. The van der Waals surface area contributed by atoms with Crippen LogP contribution in [0.15, 0.2) is 18.3 Å². The zero-order valence-corrected chi connectivity index (χ0v) is 10.5. The van der Waals surface area contributed by atoms with Gasteiger partial charge in [-0.15, -0.1) is 0 Å². The van der Waals surface area contributed by atoms with Crippen LogP contribution in [0.4, 0.5) is 0 Å². The minimum Gasteiger partial charge on any atom is -0.478 e. The van der Waals surface area contributed by atoms with Gasteiger partial charge in [0.05, 0.1) is 6.61 Å². The van der Waals surface area contributed by atoms with Crippen LogP contribution < -0.4 is 10.1 Å². The highest BCUT2D eigenvalue weighted by molar-refractivity contribution is 5.20. The smallest absolute Gasteiger partial charge is 0.213 e. The maximum atomic E-state index is 5.44. The summed E-state index contributed by atoms with van der Waals surface area (Å²) in [6.45, 7) is 8.18. The summed E-state index contributed by atoms with van der Waals surface area (Å²) in [5.41, 5.74) is 1.21. The lowest BCUT2D eigenvalue weighted by atomic mass is 10.1. The Morgan fingerprint density at radius 3 is 2.69 bits per heavy atom. The summed E-state index contributed by atoms with van der Waals surface area (Å²) in [4.78, 5) is 4.28. The van der Waals surface area contributed by atoms with Crippen molar-refractivity contribution in [2.45, 2.75) is 39.7 Å². The van der Waals surface area contributed by atoms with E-state index in [1.54, 1.807) is 0 Å². The zero-order chi connectivity index (χ0) is 11.8. The normalized spacial score (nSPS) is 12.4. The van der Waals surface area contributed by atoms with Crippen molar-refractivity contribution in [3.8, 4) is 5.88 Å². The van der Waals surface area contributed by atoms with Crippen LogP contribution in [0, 0.1) is 0 Å². The van der Waals surface area contributed by atoms with Crippen molar-refractivity contribution in [1.82, 2.24) is 10.3 Å². The van der Waals surface area contributed by atoms with Gasteiger partial charge in [-0.05, 0) is 31.9 Å². The number of pyridine rings is 1. The molecule has 16 heavy (non-hydrogen) atoms. The average molecular weight is 222 g/mol. The molecule has 0 aliphatic heterocycles. The number of nitrogens with zero attached hydrogens (tertiary/aromatic N) is 1. The Kier molecular flexibility index (Phi) is 5.86. The van der Waals surface area contributed by atoms with E-state index in [-0.39, 0.29) is 0 Å². The summed E-state index contributed by atoms with van der Waals surface area (Å²) in [6.07, 6.45) is 4.05. The lowest BCUT2D eigenvalue weighted by Gasteiger charge is -2.13. The maximum absolute atomic E-state index is 5.44. The first-order valence-electron chi connectivity index (χ1n) is 6.10. The van der Waals surface area contributed by atoms with Crippen LogP contribution >= 0.6 is 0 Å². The summed E-state index contributed by atoms with van der Waals surface area (Å²) >= 11 is 0. The highest BCUT2D eigenvalue weighted by atomic mass is 16.5. The number of hydrogen-bond donors (Lipinski definition) is 1. The third-order valence-electron chi connectivity index (χ3n) is 2.41. The molecule has 1 aromatic rings. The largest absolute Gasteiger partial charge is 0.478 e. The molecule has 0 radical (unpaired) electrons. The van der Waals surface area contributed by atoms with Crippen molar-refractivity contribution in [1.29, 1.82) is 0 Å². The van der Waals surface area contributed by atoms with Gasteiger partial charge in [0, 0.05) is 18.3 Å². The predicted molar refractivity (Wildman–Crippen MR) is 66.7 cm³/mol. The fourth-order valence-electron chi connectivity index (χ4n) is 1.42. The van der Waals surface area contributed by atoms with Crippen LogP contribution in [-0.4, -0.2) is 18.1 Å². The highest BCUT2D eigenvalue weighted by Crippen LogP contribution is 2.14. The van der Waals surface area contributed by atoms with Crippen LogP contribution in [-0.2, 0) is 0 Å². The quantitative estimate of drug-likeness (QED) is 0.770. The number of hydrogen-bond acceptors (Lipinski definition) is 3. The van der Waals surface area contributed by atoms with Crippen LogP contribution in [0.5, 0.6) is 5.88 Å². The van der Waals surface area contributed by atoms with Crippen LogP contribution in [0.3, 0.4) is 0 Å².